The monoisotopic (exact) mass is 632 g/mol. The third-order valence-electron chi connectivity index (χ3n) is 7.89. The number of esters is 1. The molecule has 8 heteroatoms. The fraction of sp³-hybridized carbons (Fsp3) is 0.800. The van der Waals surface area contributed by atoms with Crippen LogP contribution in [0, 0.1) is 0 Å². The molecule has 0 amide bonds. The van der Waals surface area contributed by atoms with E-state index in [2.05, 4.69) is 11.4 Å². The van der Waals surface area contributed by atoms with Crippen LogP contribution >= 0.6 is 7.91 Å². The number of carbonyl (C=O) groups is 1. The van der Waals surface area contributed by atoms with Gasteiger partial charge in [-0.2, -0.15) is 0 Å². The molecule has 2 N–H and O–H groups in total. The van der Waals surface area contributed by atoms with Crippen LogP contribution in [0.15, 0.2) is 12.1 Å². The van der Waals surface area contributed by atoms with Crippen LogP contribution in [0.1, 0.15) is 174 Å². The fourth-order valence-corrected chi connectivity index (χ4v) is 5.85. The van der Waals surface area contributed by atoms with E-state index in [1.165, 1.54) is 89.9 Å². The van der Waals surface area contributed by atoms with Crippen LogP contribution in [-0.4, -0.2) is 22.4 Å². The van der Waals surface area contributed by atoms with Gasteiger partial charge in [-0.3, -0.25) is 0 Å². The van der Waals surface area contributed by atoms with Crippen molar-refractivity contribution in [3.63, 3.8) is 0 Å². The van der Waals surface area contributed by atoms with Crippen molar-refractivity contribution in [2.45, 2.75) is 175 Å². The topological polar surface area (TPSA) is 76.0 Å². The summed E-state index contributed by atoms with van der Waals surface area (Å²) in [6, 6.07) is 3.44. The van der Waals surface area contributed by atoms with Gasteiger partial charge in [-0.05, 0) is 0 Å². The number of aryl methyl sites for hydroxylation is 1. The van der Waals surface area contributed by atoms with Gasteiger partial charge in [-0.15, -0.1) is 0 Å². The van der Waals surface area contributed by atoms with Crippen LogP contribution in [0.5, 0.6) is 5.75 Å². The molecular weight excluding hydrogens is 569 g/mol. The predicted octanol–water partition coefficient (Wildman–Crippen LogP) is 11.4. The summed E-state index contributed by atoms with van der Waals surface area (Å²) in [5.74, 6) is -0.485. The van der Waals surface area contributed by atoms with Gasteiger partial charge in [0.15, 0.2) is 0 Å². The molecule has 0 aromatic heterocycles. The number of carbonyl (C=O) groups excluding carboxylic acids is 1. The molecule has 43 heavy (non-hydrogen) atoms. The first-order valence-electron chi connectivity index (χ1n) is 16.9. The SMILES string of the molecule is CCCCCCCCCCCCCCCCCCOC(=O)CCc1cc(C(C)(C)C)c(OP(O)(O)(F)F)c(C(C)(C)C)c1. The van der Waals surface area contributed by atoms with Gasteiger partial charge in [-0.1, -0.05) is 96.8 Å². The third-order valence-corrected chi connectivity index (χ3v) is 8.37. The minimum absolute atomic E-state index is 0.178. The van der Waals surface area contributed by atoms with E-state index in [1.807, 2.05) is 41.5 Å². The normalized spacial score (nSPS) is 13.5. The van der Waals surface area contributed by atoms with E-state index in [1.54, 1.807) is 12.1 Å². The van der Waals surface area contributed by atoms with Crippen molar-refractivity contribution in [3.8, 4) is 5.75 Å². The van der Waals surface area contributed by atoms with Gasteiger partial charge in [0.25, 0.3) is 0 Å². The van der Waals surface area contributed by atoms with E-state index in [9.17, 15) is 23.0 Å². The zero-order valence-electron chi connectivity index (χ0n) is 28.4. The van der Waals surface area contributed by atoms with Gasteiger partial charge in [0.2, 0.25) is 0 Å². The van der Waals surface area contributed by atoms with Crippen molar-refractivity contribution in [1.82, 2.24) is 0 Å². The molecule has 0 saturated carbocycles. The first-order chi connectivity index (χ1) is 19.9. The summed E-state index contributed by atoms with van der Waals surface area (Å²) in [5.41, 5.74) is 0.421. The molecule has 0 saturated heterocycles. The molecule has 0 atom stereocenters. The summed E-state index contributed by atoms with van der Waals surface area (Å²) >= 11 is 0. The van der Waals surface area contributed by atoms with Gasteiger partial charge in [0.05, 0.1) is 0 Å². The maximum atomic E-state index is 13.9. The fourth-order valence-electron chi connectivity index (χ4n) is 5.35. The molecule has 0 aliphatic rings. The quantitative estimate of drug-likeness (QED) is 0.0755. The molecule has 0 unspecified atom stereocenters. The van der Waals surface area contributed by atoms with Crippen LogP contribution in [-0.2, 0) is 26.8 Å². The summed E-state index contributed by atoms with van der Waals surface area (Å²) in [6.45, 7) is 13.7. The van der Waals surface area contributed by atoms with E-state index in [0.717, 1.165) is 18.4 Å². The van der Waals surface area contributed by atoms with Crippen LogP contribution in [0.25, 0.3) is 0 Å². The van der Waals surface area contributed by atoms with E-state index in [0.29, 0.717) is 24.2 Å². The summed E-state index contributed by atoms with van der Waals surface area (Å²) in [7, 11) is -7.27. The van der Waals surface area contributed by atoms with Gasteiger partial charge in [0, 0.05) is 0 Å². The number of rotatable bonds is 22. The Morgan fingerprint density at radius 3 is 1.42 bits per heavy atom. The second-order valence-electron chi connectivity index (χ2n) is 14.4. The minimum atomic E-state index is -7.27. The summed E-state index contributed by atoms with van der Waals surface area (Å²) in [4.78, 5) is 31.0. The number of ether oxygens (including phenoxy) is 1. The summed E-state index contributed by atoms with van der Waals surface area (Å²) < 4.78 is 37.9. The third kappa shape index (κ3) is 19.0. The molecule has 5 nitrogen and oxygen atoms in total. The molecule has 0 aliphatic heterocycles. The first-order valence-corrected chi connectivity index (χ1v) is 18.7. The Balaban J connectivity index is 2.37. The van der Waals surface area contributed by atoms with Gasteiger partial charge in [0.1, 0.15) is 0 Å². The van der Waals surface area contributed by atoms with Crippen molar-refractivity contribution in [2.24, 2.45) is 0 Å². The number of hydrogen-bond acceptors (Lipinski definition) is 5. The molecule has 1 aromatic carbocycles. The van der Waals surface area contributed by atoms with Crippen molar-refractivity contribution in [1.29, 1.82) is 0 Å². The second kappa shape index (κ2) is 18.6. The Morgan fingerprint density at radius 2 is 1.07 bits per heavy atom. The van der Waals surface area contributed by atoms with E-state index in [-0.39, 0.29) is 18.1 Å². The van der Waals surface area contributed by atoms with Crippen LogP contribution in [0.2, 0.25) is 0 Å². The summed E-state index contributed by atoms with van der Waals surface area (Å²) in [5, 5.41) is 0. The Labute approximate surface area is 261 Å². The number of halogens is 2. The molecule has 0 aliphatic carbocycles. The molecule has 0 radical (unpaired) electrons. The van der Waals surface area contributed by atoms with Crippen molar-refractivity contribution >= 4 is 13.9 Å². The van der Waals surface area contributed by atoms with Crippen LogP contribution in [0.4, 0.5) is 8.39 Å². The molecule has 252 valence electrons. The van der Waals surface area contributed by atoms with E-state index in [4.69, 9.17) is 4.74 Å². The molecule has 1 aromatic rings. The zero-order valence-corrected chi connectivity index (χ0v) is 29.3. The second-order valence-corrected chi connectivity index (χ2v) is 16.1. The van der Waals surface area contributed by atoms with Crippen LogP contribution in [0.3, 0.4) is 0 Å². The average Bonchev–Trinajstić information content (AvgIpc) is 2.87. The molecular formula is C35H63F2O5P. The molecule has 0 bridgehead atoms. The van der Waals surface area contributed by atoms with Gasteiger partial charge in [-0.25, -0.2) is 0 Å². The Bertz CT molecular complexity index is 900. The van der Waals surface area contributed by atoms with Gasteiger partial charge < -0.3 is 0 Å². The van der Waals surface area contributed by atoms with E-state index >= 15 is 0 Å². The van der Waals surface area contributed by atoms with Crippen molar-refractivity contribution < 1.29 is 32.2 Å². The first kappa shape index (κ1) is 39.7. The van der Waals surface area contributed by atoms with Crippen LogP contribution < -0.4 is 4.52 Å². The molecule has 0 spiro atoms. The number of benzene rings is 1. The van der Waals surface area contributed by atoms with Crippen molar-refractivity contribution in [3.05, 3.63) is 28.8 Å². The van der Waals surface area contributed by atoms with Crippen molar-refractivity contribution in [2.75, 3.05) is 6.61 Å². The number of hydrogen-bond donors (Lipinski definition) is 2. The Morgan fingerprint density at radius 1 is 0.698 bits per heavy atom. The zero-order chi connectivity index (χ0) is 32.6. The standard InChI is InChI=1S/C35H63F2O5P/c1-8-9-10-11-12-13-14-15-16-17-18-19-20-21-22-23-26-41-32(38)25-24-29-27-30(34(2,3)4)33(42-43(36,37,39)40)31(28-29)35(5,6)7/h27-28,39-40H,8-26H2,1-7H3. The Kier molecular flexibility index (Phi) is 17.2. The molecule has 1 rings (SSSR count). The predicted molar refractivity (Wildman–Crippen MR) is 177 cm³/mol. The molecule has 0 heterocycles. The van der Waals surface area contributed by atoms with Gasteiger partial charge >= 0.3 is 165 Å². The number of unbranched alkanes of at least 4 members (excludes halogenated alkanes) is 15. The average molecular weight is 633 g/mol. The van der Waals surface area contributed by atoms with E-state index < -0.39 is 18.7 Å². The molecule has 0 fully saturated rings. The summed E-state index contributed by atoms with van der Waals surface area (Å²) in [6.07, 6.45) is 21.3. The Hall–Kier alpha value is -1.30. The maximum absolute atomic E-state index is 13.9.